The largest absolute Gasteiger partial charge is 0.385 e. The summed E-state index contributed by atoms with van der Waals surface area (Å²) in [6.45, 7) is 5.02. The third-order valence-corrected chi connectivity index (χ3v) is 5.12. The zero-order valence-electron chi connectivity index (χ0n) is 12.7. The van der Waals surface area contributed by atoms with Crippen LogP contribution in [0.3, 0.4) is 0 Å². The molecule has 1 saturated carbocycles. The van der Waals surface area contributed by atoms with Crippen LogP contribution in [-0.2, 0) is 6.54 Å². The predicted octanol–water partition coefficient (Wildman–Crippen LogP) is 3.17. The van der Waals surface area contributed by atoms with Gasteiger partial charge in [-0.1, -0.05) is 50.6 Å². The molecule has 3 rings (SSSR count). The highest BCUT2D eigenvalue weighted by Gasteiger charge is 2.53. The molecule has 112 valence electrons. The number of carbonyl (C=O) groups excluding carboxylic acids is 1. The van der Waals surface area contributed by atoms with E-state index < -0.39 is 0 Å². The molecular formula is C17H23N3O. The van der Waals surface area contributed by atoms with Crippen LogP contribution in [0.25, 0.3) is 0 Å². The Morgan fingerprint density at radius 2 is 2.00 bits per heavy atom. The maximum atomic E-state index is 12.4. The first kappa shape index (κ1) is 14.1. The van der Waals surface area contributed by atoms with E-state index in [-0.39, 0.29) is 11.6 Å². The molecular weight excluding hydrogens is 262 g/mol. The first-order chi connectivity index (χ1) is 10.0. The molecule has 3 unspecified atom stereocenters. The quantitative estimate of drug-likeness (QED) is 0.907. The van der Waals surface area contributed by atoms with Crippen molar-refractivity contribution in [3.8, 4) is 0 Å². The second-order valence-electron chi connectivity index (χ2n) is 6.56. The molecule has 1 fully saturated rings. The Hall–Kier alpha value is -1.84. The number of hydrogen-bond acceptors (Lipinski definition) is 2. The van der Waals surface area contributed by atoms with E-state index in [1.54, 1.807) is 0 Å². The van der Waals surface area contributed by atoms with Gasteiger partial charge in [-0.3, -0.25) is 0 Å². The number of rotatable bonds is 2. The summed E-state index contributed by atoms with van der Waals surface area (Å²) in [5.74, 6) is 1.44. The molecule has 4 nitrogen and oxygen atoms in total. The van der Waals surface area contributed by atoms with Gasteiger partial charge in [-0.05, 0) is 30.2 Å². The van der Waals surface area contributed by atoms with Crippen molar-refractivity contribution in [1.29, 1.82) is 0 Å². The van der Waals surface area contributed by atoms with E-state index in [1.807, 2.05) is 35.2 Å². The maximum absolute atomic E-state index is 12.4. The van der Waals surface area contributed by atoms with Crippen molar-refractivity contribution in [2.75, 3.05) is 0 Å². The fourth-order valence-electron chi connectivity index (χ4n) is 3.88. The Morgan fingerprint density at radius 3 is 2.71 bits per heavy atom. The van der Waals surface area contributed by atoms with Gasteiger partial charge in [0.2, 0.25) is 0 Å². The van der Waals surface area contributed by atoms with E-state index in [1.165, 1.54) is 6.42 Å². The standard InChI is InChI=1S/C17H23N3O/c1-12-8-9-13(2)17(10-12)15(18)19-16(21)20(17)11-14-6-4-3-5-7-14/h3-7,12-13H,8-11H2,1-2H3,(H2,18,19,21). The molecule has 0 bridgehead atoms. The Morgan fingerprint density at radius 1 is 1.29 bits per heavy atom. The van der Waals surface area contributed by atoms with Crippen LogP contribution < -0.4 is 5.73 Å². The highest BCUT2D eigenvalue weighted by atomic mass is 16.2. The van der Waals surface area contributed by atoms with Gasteiger partial charge in [-0.15, -0.1) is 0 Å². The van der Waals surface area contributed by atoms with E-state index in [9.17, 15) is 4.79 Å². The monoisotopic (exact) mass is 285 g/mol. The summed E-state index contributed by atoms with van der Waals surface area (Å²) in [4.78, 5) is 18.4. The summed E-state index contributed by atoms with van der Waals surface area (Å²) in [5.41, 5.74) is 6.96. The third kappa shape index (κ3) is 2.23. The Bertz CT molecular complexity index is 569. The molecule has 0 radical (unpaired) electrons. The minimum Gasteiger partial charge on any atom is -0.385 e. The van der Waals surface area contributed by atoms with Gasteiger partial charge in [0.05, 0.1) is 0 Å². The van der Waals surface area contributed by atoms with Crippen LogP contribution in [-0.4, -0.2) is 22.3 Å². The first-order valence-electron chi connectivity index (χ1n) is 7.74. The molecule has 1 aromatic carbocycles. The van der Waals surface area contributed by atoms with Crippen molar-refractivity contribution in [2.45, 2.75) is 45.2 Å². The smallest absolute Gasteiger partial charge is 0.346 e. The number of benzene rings is 1. The number of amides is 2. The van der Waals surface area contributed by atoms with Gasteiger partial charge >= 0.3 is 6.03 Å². The molecule has 4 heteroatoms. The second-order valence-corrected chi connectivity index (χ2v) is 6.56. The molecule has 0 aromatic heterocycles. The highest BCUT2D eigenvalue weighted by Crippen LogP contribution is 2.44. The van der Waals surface area contributed by atoms with Gasteiger partial charge in [0, 0.05) is 6.54 Å². The van der Waals surface area contributed by atoms with Crippen LogP contribution in [0.4, 0.5) is 4.79 Å². The lowest BCUT2D eigenvalue weighted by atomic mass is 9.68. The molecule has 2 amide bonds. The van der Waals surface area contributed by atoms with Crippen LogP contribution in [0.15, 0.2) is 35.3 Å². The molecule has 1 spiro atoms. The molecule has 1 heterocycles. The number of carbonyl (C=O) groups is 1. The summed E-state index contributed by atoms with van der Waals surface area (Å²) in [5, 5.41) is 0. The van der Waals surface area contributed by atoms with Crippen molar-refractivity contribution in [3.63, 3.8) is 0 Å². The molecule has 1 aliphatic heterocycles. The number of nitrogens with zero attached hydrogens (tertiary/aromatic N) is 2. The third-order valence-electron chi connectivity index (χ3n) is 5.12. The molecule has 2 aliphatic rings. The van der Waals surface area contributed by atoms with Crippen molar-refractivity contribution in [2.24, 2.45) is 22.6 Å². The fraction of sp³-hybridized carbons (Fsp3) is 0.529. The lowest BCUT2D eigenvalue weighted by molar-refractivity contribution is 0.0764. The molecule has 1 aliphatic carbocycles. The minimum absolute atomic E-state index is 0.183. The van der Waals surface area contributed by atoms with E-state index in [0.29, 0.717) is 24.2 Å². The van der Waals surface area contributed by atoms with Crippen LogP contribution >= 0.6 is 0 Å². The number of nitrogens with two attached hydrogens (primary N) is 1. The van der Waals surface area contributed by atoms with Crippen molar-refractivity contribution < 1.29 is 4.79 Å². The molecule has 21 heavy (non-hydrogen) atoms. The van der Waals surface area contributed by atoms with Gasteiger partial charge in [-0.2, -0.15) is 4.99 Å². The maximum Gasteiger partial charge on any atom is 0.346 e. The molecule has 1 aromatic rings. The Kier molecular flexibility index (Phi) is 3.47. The van der Waals surface area contributed by atoms with Crippen LogP contribution in [0.5, 0.6) is 0 Å². The average Bonchev–Trinajstić information content (AvgIpc) is 2.69. The molecule has 3 atom stereocenters. The van der Waals surface area contributed by atoms with Gasteiger partial charge in [0.25, 0.3) is 0 Å². The average molecular weight is 285 g/mol. The van der Waals surface area contributed by atoms with Crippen molar-refractivity contribution in [3.05, 3.63) is 35.9 Å². The number of aliphatic imine (C=N–C) groups is 1. The van der Waals surface area contributed by atoms with E-state index in [4.69, 9.17) is 5.73 Å². The zero-order chi connectivity index (χ0) is 15.0. The van der Waals surface area contributed by atoms with Crippen LogP contribution in [0, 0.1) is 11.8 Å². The summed E-state index contributed by atoms with van der Waals surface area (Å²) < 4.78 is 0. The summed E-state index contributed by atoms with van der Waals surface area (Å²) in [6, 6.07) is 9.90. The van der Waals surface area contributed by atoms with Crippen molar-refractivity contribution in [1.82, 2.24) is 4.90 Å². The number of amidine groups is 1. The van der Waals surface area contributed by atoms with E-state index in [2.05, 4.69) is 18.8 Å². The second kappa shape index (κ2) is 5.17. The Balaban J connectivity index is 1.95. The Labute approximate surface area is 126 Å². The lowest BCUT2D eigenvalue weighted by Crippen LogP contribution is -2.60. The van der Waals surface area contributed by atoms with Crippen molar-refractivity contribution >= 4 is 11.9 Å². The highest BCUT2D eigenvalue weighted by molar-refractivity contribution is 6.06. The predicted molar refractivity (Wildman–Crippen MR) is 83.9 cm³/mol. The summed E-state index contributed by atoms with van der Waals surface area (Å²) in [7, 11) is 0. The van der Waals surface area contributed by atoms with Crippen LogP contribution in [0.1, 0.15) is 38.7 Å². The zero-order valence-corrected chi connectivity index (χ0v) is 12.7. The van der Waals surface area contributed by atoms with E-state index >= 15 is 0 Å². The van der Waals surface area contributed by atoms with Gasteiger partial charge in [0.1, 0.15) is 11.4 Å². The number of hydrogen-bond donors (Lipinski definition) is 1. The van der Waals surface area contributed by atoms with Gasteiger partial charge in [-0.25, -0.2) is 4.79 Å². The molecule has 0 saturated heterocycles. The number of urea groups is 1. The molecule has 2 N–H and O–H groups in total. The summed E-state index contributed by atoms with van der Waals surface area (Å²) in [6.07, 6.45) is 3.21. The SMILES string of the molecule is CC1CCC(C)C2(C1)C(N)=NC(=O)N2Cc1ccccc1. The lowest BCUT2D eigenvalue weighted by Gasteiger charge is -2.47. The topological polar surface area (TPSA) is 58.7 Å². The fourth-order valence-corrected chi connectivity index (χ4v) is 3.88. The normalized spacial score (nSPS) is 32.6. The van der Waals surface area contributed by atoms with Crippen LogP contribution in [0.2, 0.25) is 0 Å². The van der Waals surface area contributed by atoms with Gasteiger partial charge in [0.15, 0.2) is 0 Å². The van der Waals surface area contributed by atoms with Gasteiger partial charge < -0.3 is 10.6 Å². The van der Waals surface area contributed by atoms with E-state index in [0.717, 1.165) is 18.4 Å². The minimum atomic E-state index is -0.384. The summed E-state index contributed by atoms with van der Waals surface area (Å²) >= 11 is 0. The first-order valence-corrected chi connectivity index (χ1v) is 7.74.